The van der Waals surface area contributed by atoms with E-state index < -0.39 is 20.4 Å². The number of sulfone groups is 1. The summed E-state index contributed by atoms with van der Waals surface area (Å²) in [6, 6.07) is 4.00. The summed E-state index contributed by atoms with van der Waals surface area (Å²) >= 11 is 0. The zero-order valence-electron chi connectivity index (χ0n) is 10.8. The fraction of sp³-hybridized carbons (Fsp3) is 0.455. The van der Waals surface area contributed by atoms with Crippen LogP contribution in [0.3, 0.4) is 0 Å². The van der Waals surface area contributed by atoms with Gasteiger partial charge >= 0.3 is 5.69 Å². The van der Waals surface area contributed by atoms with Crippen molar-refractivity contribution in [1.29, 1.82) is 0 Å². The van der Waals surface area contributed by atoms with Gasteiger partial charge in [0.05, 0.1) is 4.92 Å². The maximum Gasteiger partial charge on any atom is 0.310 e. The molecule has 0 aromatic heterocycles. The first-order chi connectivity index (χ1) is 8.77. The molecular formula is C11H17N3O4S. The molecule has 0 aliphatic heterocycles. The number of nitrogens with zero attached hydrogens (tertiary/aromatic N) is 1. The van der Waals surface area contributed by atoms with Crippen molar-refractivity contribution in [1.82, 2.24) is 0 Å². The molecular weight excluding hydrogens is 270 g/mol. The molecule has 0 spiro atoms. The third-order valence-corrected chi connectivity index (χ3v) is 3.79. The summed E-state index contributed by atoms with van der Waals surface area (Å²) in [6.45, 7) is 2.23. The van der Waals surface area contributed by atoms with Gasteiger partial charge < -0.3 is 11.1 Å². The molecule has 0 fully saturated rings. The van der Waals surface area contributed by atoms with Crippen LogP contribution in [0.25, 0.3) is 0 Å². The molecule has 0 aliphatic rings. The number of nitro groups is 1. The van der Waals surface area contributed by atoms with Crippen LogP contribution in [0.15, 0.2) is 23.1 Å². The summed E-state index contributed by atoms with van der Waals surface area (Å²) < 4.78 is 23.1. The Morgan fingerprint density at radius 3 is 2.58 bits per heavy atom. The summed E-state index contributed by atoms with van der Waals surface area (Å²) in [5.74, 6) is 0. The predicted octanol–water partition coefficient (Wildman–Crippen LogP) is 1.15. The molecule has 0 radical (unpaired) electrons. The van der Waals surface area contributed by atoms with Gasteiger partial charge in [-0.15, -0.1) is 0 Å². The molecule has 1 unspecified atom stereocenters. The highest BCUT2D eigenvalue weighted by Gasteiger charge is 2.25. The zero-order valence-corrected chi connectivity index (χ0v) is 11.6. The van der Waals surface area contributed by atoms with E-state index in [1.54, 1.807) is 0 Å². The van der Waals surface area contributed by atoms with Crippen molar-refractivity contribution < 1.29 is 13.3 Å². The lowest BCUT2D eigenvalue weighted by atomic mass is 10.2. The first-order valence-corrected chi connectivity index (χ1v) is 7.63. The Hall–Kier alpha value is -1.67. The third kappa shape index (κ3) is 3.90. The maximum absolute atomic E-state index is 11.5. The summed E-state index contributed by atoms with van der Waals surface area (Å²) in [6.07, 6.45) is 1.66. The van der Waals surface area contributed by atoms with Gasteiger partial charge in [0.2, 0.25) is 0 Å². The zero-order chi connectivity index (χ0) is 14.6. The summed E-state index contributed by atoms with van der Waals surface area (Å²) in [5, 5.41) is 13.9. The molecule has 0 heterocycles. The van der Waals surface area contributed by atoms with Gasteiger partial charge in [-0.05, 0) is 18.6 Å². The number of anilines is 1. The fourth-order valence-corrected chi connectivity index (χ4v) is 2.40. The molecule has 8 heteroatoms. The van der Waals surface area contributed by atoms with Crippen LogP contribution in [0.5, 0.6) is 0 Å². The van der Waals surface area contributed by atoms with Crippen LogP contribution in [0, 0.1) is 10.1 Å². The lowest BCUT2D eigenvalue weighted by Gasteiger charge is -2.12. The first-order valence-electron chi connectivity index (χ1n) is 5.74. The lowest BCUT2D eigenvalue weighted by molar-refractivity contribution is -0.386. The predicted molar refractivity (Wildman–Crippen MR) is 73.0 cm³/mol. The summed E-state index contributed by atoms with van der Waals surface area (Å²) in [7, 11) is -3.66. The average molecular weight is 287 g/mol. The lowest BCUT2D eigenvalue weighted by Crippen LogP contribution is -2.28. The van der Waals surface area contributed by atoms with Gasteiger partial charge in [-0.25, -0.2) is 8.42 Å². The van der Waals surface area contributed by atoms with Crippen molar-refractivity contribution in [2.75, 3.05) is 18.1 Å². The van der Waals surface area contributed by atoms with Crippen LogP contribution in [0.2, 0.25) is 0 Å². The molecule has 7 nitrogen and oxygen atoms in total. The fourth-order valence-electron chi connectivity index (χ4n) is 1.54. The topological polar surface area (TPSA) is 115 Å². The van der Waals surface area contributed by atoms with Gasteiger partial charge in [0.15, 0.2) is 9.84 Å². The molecule has 1 atom stereocenters. The number of hydrogen-bond acceptors (Lipinski definition) is 6. The van der Waals surface area contributed by atoms with E-state index in [4.69, 9.17) is 5.73 Å². The van der Waals surface area contributed by atoms with E-state index in [9.17, 15) is 18.5 Å². The van der Waals surface area contributed by atoms with Crippen molar-refractivity contribution >= 4 is 21.2 Å². The van der Waals surface area contributed by atoms with Crippen molar-refractivity contribution in [3.8, 4) is 0 Å². The van der Waals surface area contributed by atoms with Crippen molar-refractivity contribution in [2.24, 2.45) is 5.73 Å². The quantitative estimate of drug-likeness (QED) is 0.599. The molecule has 0 saturated carbocycles. The minimum atomic E-state index is -3.66. The van der Waals surface area contributed by atoms with Gasteiger partial charge in [-0.2, -0.15) is 0 Å². The Morgan fingerprint density at radius 1 is 1.47 bits per heavy atom. The minimum Gasteiger partial charge on any atom is -0.378 e. The molecule has 106 valence electrons. The van der Waals surface area contributed by atoms with Crippen molar-refractivity contribution in [3.63, 3.8) is 0 Å². The van der Waals surface area contributed by atoms with Crippen LogP contribution < -0.4 is 11.1 Å². The molecule has 1 rings (SSSR count). The second-order valence-corrected chi connectivity index (χ2v) is 6.21. The minimum absolute atomic E-state index is 0.151. The monoisotopic (exact) mass is 287 g/mol. The second kappa shape index (κ2) is 5.98. The van der Waals surface area contributed by atoms with E-state index in [0.717, 1.165) is 6.26 Å². The number of nitrogens with one attached hydrogen (secondary N) is 1. The number of benzene rings is 1. The number of nitrogens with two attached hydrogens (primary N) is 1. The Morgan fingerprint density at radius 2 is 2.11 bits per heavy atom. The Balaban J connectivity index is 3.22. The molecule has 0 amide bonds. The van der Waals surface area contributed by atoms with E-state index in [1.807, 2.05) is 6.92 Å². The molecule has 1 aromatic carbocycles. The number of hydrogen-bond donors (Lipinski definition) is 2. The van der Waals surface area contributed by atoms with E-state index in [-0.39, 0.29) is 16.6 Å². The maximum atomic E-state index is 11.5. The van der Waals surface area contributed by atoms with Crippen LogP contribution in [-0.2, 0) is 9.84 Å². The van der Waals surface area contributed by atoms with E-state index in [1.165, 1.54) is 18.2 Å². The molecule has 3 N–H and O–H groups in total. The van der Waals surface area contributed by atoms with Gasteiger partial charge in [0.25, 0.3) is 0 Å². The second-order valence-electron chi connectivity index (χ2n) is 4.23. The van der Waals surface area contributed by atoms with Crippen LogP contribution in [0.1, 0.15) is 13.3 Å². The average Bonchev–Trinajstić information content (AvgIpc) is 2.34. The summed E-state index contributed by atoms with van der Waals surface area (Å²) in [5.41, 5.74) is 5.45. The van der Waals surface area contributed by atoms with Crippen LogP contribution in [0.4, 0.5) is 11.4 Å². The highest BCUT2D eigenvalue weighted by molar-refractivity contribution is 7.90. The highest BCUT2D eigenvalue weighted by atomic mass is 32.2. The number of nitro benzene ring substituents is 1. The first kappa shape index (κ1) is 15.4. The molecule has 0 saturated heterocycles. The largest absolute Gasteiger partial charge is 0.378 e. The van der Waals surface area contributed by atoms with Gasteiger partial charge in [-0.3, -0.25) is 10.1 Å². The molecule has 0 bridgehead atoms. The SMILES string of the molecule is CCC(N)CNc1cccc(S(C)(=O)=O)c1[N+](=O)[O-]. The van der Waals surface area contributed by atoms with Gasteiger partial charge in [0, 0.05) is 18.8 Å². The van der Waals surface area contributed by atoms with E-state index >= 15 is 0 Å². The molecule has 0 aliphatic carbocycles. The van der Waals surface area contributed by atoms with Crippen molar-refractivity contribution in [2.45, 2.75) is 24.3 Å². The molecule has 19 heavy (non-hydrogen) atoms. The van der Waals surface area contributed by atoms with E-state index in [2.05, 4.69) is 5.32 Å². The Labute approximate surface area is 111 Å². The number of rotatable bonds is 6. The standard InChI is InChI=1S/C11H17N3O4S/c1-3-8(12)7-13-9-5-4-6-10(19(2,17)18)11(9)14(15)16/h4-6,8,13H,3,7,12H2,1-2H3. The van der Waals surface area contributed by atoms with Gasteiger partial charge in [0.1, 0.15) is 10.6 Å². The third-order valence-electron chi connectivity index (χ3n) is 2.66. The van der Waals surface area contributed by atoms with Crippen LogP contribution >= 0.6 is 0 Å². The normalized spacial score (nSPS) is 13.0. The van der Waals surface area contributed by atoms with Crippen LogP contribution in [-0.4, -0.2) is 32.2 Å². The van der Waals surface area contributed by atoms with Crippen molar-refractivity contribution in [3.05, 3.63) is 28.3 Å². The number of para-hydroxylation sites is 1. The molecule has 1 aromatic rings. The van der Waals surface area contributed by atoms with Gasteiger partial charge in [-0.1, -0.05) is 13.0 Å². The Bertz CT molecular complexity index is 571. The summed E-state index contributed by atoms with van der Waals surface area (Å²) in [4.78, 5) is 10.1. The highest BCUT2D eigenvalue weighted by Crippen LogP contribution is 2.31. The van der Waals surface area contributed by atoms with E-state index in [0.29, 0.717) is 13.0 Å². The smallest absolute Gasteiger partial charge is 0.310 e. The Kier molecular flexibility index (Phi) is 4.84.